The van der Waals surface area contributed by atoms with E-state index in [0.29, 0.717) is 16.4 Å². The number of anilines is 2. The predicted molar refractivity (Wildman–Crippen MR) is 116 cm³/mol. The monoisotopic (exact) mass is 436 g/mol. The number of hydrazone groups is 1. The van der Waals surface area contributed by atoms with Crippen LogP contribution in [0.1, 0.15) is 12.5 Å². The molecular weight excluding hydrogens is 420 g/mol. The van der Waals surface area contributed by atoms with Crippen molar-refractivity contribution in [3.8, 4) is 0 Å². The molecule has 0 spiro atoms. The fourth-order valence-corrected chi connectivity index (χ4v) is 3.50. The smallest absolute Gasteiger partial charge is 0.273 e. The van der Waals surface area contributed by atoms with Gasteiger partial charge in [0.25, 0.3) is 17.7 Å². The van der Waals surface area contributed by atoms with Crippen molar-refractivity contribution in [3.05, 3.63) is 70.8 Å². The van der Waals surface area contributed by atoms with E-state index in [1.807, 2.05) is 6.07 Å². The Kier molecular flexibility index (Phi) is 5.16. The number of urea groups is 1. The lowest BCUT2D eigenvalue weighted by Crippen LogP contribution is -2.54. The lowest BCUT2D eigenvalue weighted by atomic mass is 9.98. The molecule has 1 atom stereocenters. The van der Waals surface area contributed by atoms with Gasteiger partial charge >= 0.3 is 6.03 Å². The number of nitrogens with one attached hydrogen (secondary N) is 1. The summed E-state index contributed by atoms with van der Waals surface area (Å²) >= 11 is 6.13. The number of imide groups is 2. The van der Waals surface area contributed by atoms with Gasteiger partial charge < -0.3 is 0 Å². The number of barbiturate groups is 1. The van der Waals surface area contributed by atoms with Gasteiger partial charge in [0.15, 0.2) is 0 Å². The van der Waals surface area contributed by atoms with Crippen LogP contribution in [0.25, 0.3) is 0 Å². The number of aryl methyl sites for hydroxylation is 1. The molecule has 0 saturated carbocycles. The van der Waals surface area contributed by atoms with Gasteiger partial charge in [0.2, 0.25) is 0 Å². The van der Waals surface area contributed by atoms with E-state index in [2.05, 4.69) is 10.4 Å². The van der Waals surface area contributed by atoms with Crippen LogP contribution in [0.4, 0.5) is 16.2 Å². The molecule has 2 aliphatic heterocycles. The maximum absolute atomic E-state index is 13.1. The third-order valence-electron chi connectivity index (χ3n) is 5.03. The number of hydrogen-bond acceptors (Lipinski definition) is 5. The zero-order valence-electron chi connectivity index (χ0n) is 16.6. The fraction of sp³-hybridized carbons (Fsp3) is 0.136. The van der Waals surface area contributed by atoms with Crippen LogP contribution < -0.4 is 15.2 Å². The molecule has 2 aliphatic rings. The Balaban J connectivity index is 1.68. The zero-order chi connectivity index (χ0) is 22.3. The summed E-state index contributed by atoms with van der Waals surface area (Å²) in [6.45, 7) is 3.42. The summed E-state index contributed by atoms with van der Waals surface area (Å²) in [5, 5.41) is 8.00. The molecule has 2 aromatic rings. The summed E-state index contributed by atoms with van der Waals surface area (Å²) in [5.74, 6) is -3.03. The topological polar surface area (TPSA) is 99.2 Å². The van der Waals surface area contributed by atoms with E-state index in [4.69, 9.17) is 11.6 Å². The molecule has 1 N–H and O–H groups in total. The second-order valence-electron chi connectivity index (χ2n) is 7.12. The molecule has 2 heterocycles. The highest BCUT2D eigenvalue weighted by Gasteiger charge is 2.40. The summed E-state index contributed by atoms with van der Waals surface area (Å²) < 4.78 is 0. The molecule has 5 amide bonds. The molecule has 156 valence electrons. The number of carbonyl (C=O) groups excluding carboxylic acids is 4. The first-order valence-corrected chi connectivity index (χ1v) is 9.77. The molecule has 0 radical (unpaired) electrons. The second kappa shape index (κ2) is 7.81. The SMILES string of the molecule is CC1=NN(c2ccccc2)C(=O)[C@@H]1/C=C1/C(=O)NC(=O)N(c2ccc(C)c(Cl)c2)C1=O. The van der Waals surface area contributed by atoms with Crippen LogP contribution in [0.3, 0.4) is 0 Å². The number of hydrogen-bond donors (Lipinski definition) is 1. The van der Waals surface area contributed by atoms with E-state index in [0.717, 1.165) is 10.5 Å². The molecule has 1 fully saturated rings. The Morgan fingerprint density at radius 2 is 1.71 bits per heavy atom. The van der Waals surface area contributed by atoms with Gasteiger partial charge in [-0.3, -0.25) is 19.7 Å². The Labute approximate surface area is 182 Å². The molecule has 2 aromatic carbocycles. The van der Waals surface area contributed by atoms with Crippen LogP contribution >= 0.6 is 11.6 Å². The van der Waals surface area contributed by atoms with Crippen molar-refractivity contribution in [2.45, 2.75) is 13.8 Å². The van der Waals surface area contributed by atoms with Gasteiger partial charge in [0.05, 0.1) is 23.0 Å². The van der Waals surface area contributed by atoms with E-state index < -0.39 is 29.7 Å². The Morgan fingerprint density at radius 1 is 1.00 bits per heavy atom. The molecule has 8 nitrogen and oxygen atoms in total. The average molecular weight is 437 g/mol. The summed E-state index contributed by atoms with van der Waals surface area (Å²) in [4.78, 5) is 51.6. The third kappa shape index (κ3) is 3.62. The highest BCUT2D eigenvalue weighted by molar-refractivity contribution is 6.38. The van der Waals surface area contributed by atoms with Crippen LogP contribution in [0.5, 0.6) is 0 Å². The molecule has 0 unspecified atom stereocenters. The highest BCUT2D eigenvalue weighted by Crippen LogP contribution is 2.29. The fourth-order valence-electron chi connectivity index (χ4n) is 3.32. The maximum Gasteiger partial charge on any atom is 0.335 e. The Morgan fingerprint density at radius 3 is 2.39 bits per heavy atom. The Bertz CT molecular complexity index is 1190. The van der Waals surface area contributed by atoms with E-state index in [-0.39, 0.29) is 11.3 Å². The van der Waals surface area contributed by atoms with Crippen LogP contribution in [-0.4, -0.2) is 29.5 Å². The van der Waals surface area contributed by atoms with Crippen molar-refractivity contribution in [2.75, 3.05) is 9.91 Å². The molecule has 0 bridgehead atoms. The summed E-state index contributed by atoms with van der Waals surface area (Å²) in [7, 11) is 0. The predicted octanol–water partition coefficient (Wildman–Crippen LogP) is 3.20. The first-order valence-electron chi connectivity index (χ1n) is 9.40. The van der Waals surface area contributed by atoms with Crippen molar-refractivity contribution < 1.29 is 19.2 Å². The maximum atomic E-state index is 13.1. The minimum absolute atomic E-state index is 0.213. The number of rotatable bonds is 3. The largest absolute Gasteiger partial charge is 0.335 e. The first-order chi connectivity index (χ1) is 14.8. The van der Waals surface area contributed by atoms with Crippen molar-refractivity contribution in [1.29, 1.82) is 0 Å². The number of halogens is 1. The standard InChI is InChI=1S/C22H17ClN4O4/c1-12-8-9-15(10-18(12)23)26-20(29)17(19(28)24-22(26)31)11-16-13(2)25-27(21(16)30)14-6-4-3-5-7-14/h3-11,16H,1-2H3,(H,24,28,31)/b17-11-/t16-/m1/s1. The van der Waals surface area contributed by atoms with Gasteiger partial charge in [0.1, 0.15) is 5.57 Å². The Hall–Kier alpha value is -3.78. The van der Waals surface area contributed by atoms with Gasteiger partial charge in [-0.15, -0.1) is 0 Å². The molecule has 4 rings (SSSR count). The van der Waals surface area contributed by atoms with Crippen molar-refractivity contribution in [1.82, 2.24) is 5.32 Å². The lowest BCUT2D eigenvalue weighted by molar-refractivity contribution is -0.122. The van der Waals surface area contributed by atoms with Gasteiger partial charge in [-0.05, 0) is 49.8 Å². The van der Waals surface area contributed by atoms with E-state index in [1.165, 1.54) is 17.2 Å². The number of nitrogens with zero attached hydrogens (tertiary/aromatic N) is 3. The summed E-state index contributed by atoms with van der Waals surface area (Å²) in [5.41, 5.74) is 1.65. The minimum atomic E-state index is -0.915. The van der Waals surface area contributed by atoms with Crippen LogP contribution in [0, 0.1) is 12.8 Å². The minimum Gasteiger partial charge on any atom is -0.273 e. The zero-order valence-corrected chi connectivity index (χ0v) is 17.4. The number of carbonyl (C=O) groups is 4. The first kappa shape index (κ1) is 20.5. The lowest BCUT2D eigenvalue weighted by Gasteiger charge is -2.27. The molecule has 0 aliphatic carbocycles. The van der Waals surface area contributed by atoms with E-state index >= 15 is 0 Å². The van der Waals surface area contributed by atoms with Crippen LogP contribution in [-0.2, 0) is 14.4 Å². The van der Waals surface area contributed by atoms with Crippen molar-refractivity contribution >= 4 is 52.4 Å². The van der Waals surface area contributed by atoms with Crippen LogP contribution in [0.15, 0.2) is 65.3 Å². The molecule has 9 heteroatoms. The second-order valence-corrected chi connectivity index (χ2v) is 7.53. The van der Waals surface area contributed by atoms with Gasteiger partial charge in [-0.1, -0.05) is 35.9 Å². The van der Waals surface area contributed by atoms with Gasteiger partial charge in [-0.25, -0.2) is 9.69 Å². The molecule has 31 heavy (non-hydrogen) atoms. The average Bonchev–Trinajstić information content (AvgIpc) is 3.02. The van der Waals surface area contributed by atoms with E-state index in [9.17, 15) is 19.2 Å². The van der Waals surface area contributed by atoms with Crippen LogP contribution in [0.2, 0.25) is 5.02 Å². The highest BCUT2D eigenvalue weighted by atomic mass is 35.5. The molecule has 0 aromatic heterocycles. The van der Waals surface area contributed by atoms with E-state index in [1.54, 1.807) is 50.2 Å². The summed E-state index contributed by atoms with van der Waals surface area (Å²) in [6.07, 6.45) is 1.25. The van der Waals surface area contributed by atoms with Crippen molar-refractivity contribution in [2.24, 2.45) is 11.0 Å². The normalized spacial score (nSPS) is 20.4. The number of amides is 5. The van der Waals surface area contributed by atoms with Gasteiger partial charge in [0, 0.05) is 5.02 Å². The summed E-state index contributed by atoms with van der Waals surface area (Å²) in [6, 6.07) is 12.6. The molecular formula is C22H17ClN4O4. The van der Waals surface area contributed by atoms with Gasteiger partial charge in [-0.2, -0.15) is 10.1 Å². The quantitative estimate of drug-likeness (QED) is 0.590. The number of para-hydroxylation sites is 1. The van der Waals surface area contributed by atoms with Crippen molar-refractivity contribution in [3.63, 3.8) is 0 Å². The number of benzene rings is 2. The molecule has 1 saturated heterocycles. The third-order valence-corrected chi connectivity index (χ3v) is 5.44.